The van der Waals surface area contributed by atoms with E-state index < -0.39 is 72.6 Å². The van der Waals surface area contributed by atoms with Crippen molar-refractivity contribution in [2.45, 2.75) is 50.5 Å². The summed E-state index contributed by atoms with van der Waals surface area (Å²) in [5.74, 6) is -5.38. The van der Waals surface area contributed by atoms with Crippen molar-refractivity contribution in [3.05, 3.63) is 144 Å². The monoisotopic (exact) mass is 696 g/mol. The molecule has 2 aliphatic rings. The summed E-state index contributed by atoms with van der Waals surface area (Å²) in [5, 5.41) is 9.83. The molecule has 264 valence electrons. The maximum atomic E-state index is 13.6. The van der Waals surface area contributed by atoms with Gasteiger partial charge in [0.25, 0.3) is 0 Å². The van der Waals surface area contributed by atoms with Crippen molar-refractivity contribution in [1.29, 1.82) is 0 Å². The van der Waals surface area contributed by atoms with Crippen LogP contribution in [0.2, 0.25) is 0 Å². The van der Waals surface area contributed by atoms with Crippen molar-refractivity contribution in [2.75, 3.05) is 13.2 Å². The molecule has 0 saturated carbocycles. The summed E-state index contributed by atoms with van der Waals surface area (Å²) in [6, 6.07) is 33.1. The van der Waals surface area contributed by atoms with Crippen LogP contribution in [0, 0.1) is 5.41 Å². The average Bonchev–Trinajstić information content (AvgIpc) is 3.55. The highest BCUT2D eigenvalue weighted by molar-refractivity contribution is 5.91. The number of carbonyl (C=O) groups is 4. The Bertz CT molecular complexity index is 1820. The number of esters is 3. The molecule has 2 saturated heterocycles. The van der Waals surface area contributed by atoms with E-state index in [9.17, 15) is 24.3 Å². The molecule has 2 heterocycles. The Balaban J connectivity index is 1.39. The lowest BCUT2D eigenvalue weighted by atomic mass is 9.95. The van der Waals surface area contributed by atoms with Crippen LogP contribution in [-0.4, -0.2) is 72.9 Å². The van der Waals surface area contributed by atoms with Gasteiger partial charge in [-0.2, -0.15) is 0 Å². The van der Waals surface area contributed by atoms with Gasteiger partial charge in [-0.3, -0.25) is 9.53 Å². The second-order valence-electron chi connectivity index (χ2n) is 12.6. The fraction of sp³-hybridized carbons (Fsp3) is 0.282. The molecule has 12 heteroatoms. The average molecular weight is 697 g/mol. The van der Waals surface area contributed by atoms with Crippen LogP contribution >= 0.6 is 0 Å². The molecular formula is C39H36O12. The third-order valence-corrected chi connectivity index (χ3v) is 8.38. The van der Waals surface area contributed by atoms with E-state index in [-0.39, 0.29) is 23.3 Å². The van der Waals surface area contributed by atoms with Crippen molar-refractivity contribution in [2.24, 2.45) is 5.41 Å². The first kappa shape index (κ1) is 35.4. The number of hydrogen-bond acceptors (Lipinski definition) is 11. The van der Waals surface area contributed by atoms with Gasteiger partial charge < -0.3 is 33.5 Å². The molecule has 2 aliphatic heterocycles. The van der Waals surface area contributed by atoms with Gasteiger partial charge in [0.05, 0.1) is 28.7 Å². The maximum Gasteiger partial charge on any atom is 0.338 e. The number of aliphatic carboxylic acids is 1. The molecule has 6 atom stereocenters. The summed E-state index contributed by atoms with van der Waals surface area (Å²) in [6.07, 6.45) is -6.70. The number of ether oxygens (including phenoxy) is 7. The molecule has 51 heavy (non-hydrogen) atoms. The van der Waals surface area contributed by atoms with Gasteiger partial charge in [0.2, 0.25) is 0 Å². The number of rotatable bonds is 12. The molecule has 0 radical (unpaired) electrons. The Hall–Kier alpha value is -5.40. The highest BCUT2D eigenvalue weighted by Gasteiger charge is 2.62. The van der Waals surface area contributed by atoms with Gasteiger partial charge in [0.1, 0.15) is 12.7 Å². The number of carbonyl (C=O) groups excluding carboxylic acids is 3. The normalized spacial score (nSPS) is 24.2. The SMILES string of the molecule is CC(C)(COC1(c2ccccc2)O[C@H]2O[C@H](COC(=O)c3ccccc3)[C@@H](OC(=O)c3ccccc3)[C@H](OC(=O)c3ccccc3)[C@H]2O1)C(=O)O. The zero-order valence-corrected chi connectivity index (χ0v) is 27.8. The summed E-state index contributed by atoms with van der Waals surface area (Å²) in [5.41, 5.74) is -0.344. The van der Waals surface area contributed by atoms with Crippen LogP contribution in [0.5, 0.6) is 0 Å². The van der Waals surface area contributed by atoms with Gasteiger partial charge >= 0.3 is 29.9 Å². The Kier molecular flexibility index (Phi) is 10.6. The number of hydrogen-bond donors (Lipinski definition) is 1. The van der Waals surface area contributed by atoms with Crippen LogP contribution in [-0.2, 0) is 43.9 Å². The molecule has 4 aromatic carbocycles. The van der Waals surface area contributed by atoms with Gasteiger partial charge in [-0.15, -0.1) is 0 Å². The number of benzene rings is 4. The van der Waals surface area contributed by atoms with Crippen LogP contribution in [0.4, 0.5) is 0 Å². The maximum absolute atomic E-state index is 13.6. The Morgan fingerprint density at radius 1 is 0.667 bits per heavy atom. The first-order valence-corrected chi connectivity index (χ1v) is 16.2. The highest BCUT2D eigenvalue weighted by atomic mass is 16.9. The van der Waals surface area contributed by atoms with E-state index in [4.69, 9.17) is 33.2 Å². The van der Waals surface area contributed by atoms with Crippen LogP contribution < -0.4 is 0 Å². The lowest BCUT2D eigenvalue weighted by Gasteiger charge is -2.41. The second-order valence-corrected chi connectivity index (χ2v) is 12.6. The van der Waals surface area contributed by atoms with Crippen LogP contribution in [0.1, 0.15) is 50.5 Å². The van der Waals surface area contributed by atoms with E-state index in [1.165, 1.54) is 13.8 Å². The molecule has 1 N–H and O–H groups in total. The van der Waals surface area contributed by atoms with Crippen LogP contribution in [0.15, 0.2) is 121 Å². The van der Waals surface area contributed by atoms with Crippen molar-refractivity contribution in [3.8, 4) is 0 Å². The molecule has 1 unspecified atom stereocenters. The second kappa shape index (κ2) is 15.2. The molecule has 0 spiro atoms. The van der Waals surface area contributed by atoms with E-state index in [1.54, 1.807) is 121 Å². The van der Waals surface area contributed by atoms with E-state index >= 15 is 0 Å². The van der Waals surface area contributed by atoms with Gasteiger partial charge in [0.15, 0.2) is 24.6 Å². The van der Waals surface area contributed by atoms with E-state index in [0.29, 0.717) is 5.56 Å². The zero-order valence-electron chi connectivity index (χ0n) is 27.8. The molecule has 0 aromatic heterocycles. The van der Waals surface area contributed by atoms with Crippen molar-refractivity contribution in [1.82, 2.24) is 0 Å². The lowest BCUT2D eigenvalue weighted by Crippen LogP contribution is -2.60. The van der Waals surface area contributed by atoms with Crippen molar-refractivity contribution < 1.29 is 57.4 Å². The minimum Gasteiger partial charge on any atom is -0.481 e. The molecule has 12 nitrogen and oxygen atoms in total. The fourth-order valence-corrected chi connectivity index (χ4v) is 5.48. The van der Waals surface area contributed by atoms with E-state index in [2.05, 4.69) is 0 Å². The summed E-state index contributed by atoms with van der Waals surface area (Å²) in [6.45, 7) is 2.15. The minimum atomic E-state index is -2.05. The van der Waals surface area contributed by atoms with Gasteiger partial charge in [-0.05, 0) is 50.2 Å². The van der Waals surface area contributed by atoms with Crippen molar-refractivity contribution >= 4 is 23.9 Å². The predicted molar refractivity (Wildman–Crippen MR) is 178 cm³/mol. The highest BCUT2D eigenvalue weighted by Crippen LogP contribution is 2.46. The quantitative estimate of drug-likeness (QED) is 0.150. The first-order chi connectivity index (χ1) is 24.6. The van der Waals surface area contributed by atoms with Gasteiger partial charge in [-0.1, -0.05) is 84.9 Å². The summed E-state index contributed by atoms with van der Waals surface area (Å²) >= 11 is 0. The van der Waals surface area contributed by atoms with Gasteiger partial charge in [-0.25, -0.2) is 14.4 Å². The summed E-state index contributed by atoms with van der Waals surface area (Å²) in [7, 11) is 0. The number of carboxylic acids is 1. The third-order valence-electron chi connectivity index (χ3n) is 8.38. The molecule has 0 bridgehead atoms. The summed E-state index contributed by atoms with van der Waals surface area (Å²) in [4.78, 5) is 52.3. The van der Waals surface area contributed by atoms with Crippen LogP contribution in [0.25, 0.3) is 0 Å². The number of fused-ring (bicyclic) bond motifs is 1. The van der Waals surface area contributed by atoms with Crippen LogP contribution in [0.3, 0.4) is 0 Å². The smallest absolute Gasteiger partial charge is 0.338 e. The predicted octanol–water partition coefficient (Wildman–Crippen LogP) is 5.37. The molecule has 2 fully saturated rings. The molecular weight excluding hydrogens is 660 g/mol. The zero-order chi connectivity index (χ0) is 36.0. The van der Waals surface area contributed by atoms with Gasteiger partial charge in [0, 0.05) is 5.56 Å². The topological polar surface area (TPSA) is 153 Å². The Morgan fingerprint density at radius 2 is 1.14 bits per heavy atom. The molecule has 0 amide bonds. The fourth-order valence-electron chi connectivity index (χ4n) is 5.48. The Labute approximate surface area is 293 Å². The summed E-state index contributed by atoms with van der Waals surface area (Å²) < 4.78 is 43.1. The largest absolute Gasteiger partial charge is 0.481 e. The molecule has 0 aliphatic carbocycles. The number of carboxylic acid groups (broad SMARTS) is 1. The standard InChI is InChI=1S/C39H36O12/c1-38(2,37(43)44)24-46-39(28-21-13-6-14-22-28)50-32-31(49-35(42)27-19-11-5-12-20-27)30(48-34(41)26-17-9-4-10-18-26)29(47-36(32)51-39)23-45-33(40)25-15-7-3-8-16-25/h3-22,29-32,36H,23-24H2,1-2H3,(H,43,44)/t29-,30-,31+,32-,36-,39?/m1/s1. The Morgan fingerprint density at radius 3 is 1.65 bits per heavy atom. The molecule has 4 aromatic rings. The minimum absolute atomic E-state index is 0.202. The molecule has 6 rings (SSSR count). The van der Waals surface area contributed by atoms with E-state index in [1.807, 2.05) is 0 Å². The third kappa shape index (κ3) is 8.00. The lowest BCUT2D eigenvalue weighted by molar-refractivity contribution is -0.371. The first-order valence-electron chi connectivity index (χ1n) is 16.2. The van der Waals surface area contributed by atoms with E-state index in [0.717, 1.165) is 0 Å². The van der Waals surface area contributed by atoms with Crippen molar-refractivity contribution in [3.63, 3.8) is 0 Å².